The summed E-state index contributed by atoms with van der Waals surface area (Å²) in [5, 5.41) is 7.17. The van der Waals surface area contributed by atoms with Crippen LogP contribution < -0.4 is 5.32 Å². The Bertz CT molecular complexity index is 652. The average Bonchev–Trinajstić information content (AvgIpc) is 3.15. The summed E-state index contributed by atoms with van der Waals surface area (Å²) in [6.07, 6.45) is 7.05. The normalized spacial score (nSPS) is 18.0. The zero-order valence-electron chi connectivity index (χ0n) is 12.2. The fraction of sp³-hybridized carbons (Fsp3) is 0.429. The molecule has 0 radical (unpaired) electrons. The molecule has 21 heavy (non-hydrogen) atoms. The van der Waals surface area contributed by atoms with Gasteiger partial charge in [0.25, 0.3) is 5.91 Å². The van der Waals surface area contributed by atoms with Crippen molar-refractivity contribution >= 4 is 11.7 Å². The molecule has 0 unspecified atom stereocenters. The topological polar surface area (TPSA) is 75.9 Å². The Hall–Kier alpha value is -2.44. The Labute approximate surface area is 123 Å². The van der Waals surface area contributed by atoms with Crippen LogP contribution in [0.4, 0.5) is 5.82 Å². The Kier molecular flexibility index (Phi) is 3.55. The van der Waals surface area contributed by atoms with Crippen molar-refractivity contribution in [3.05, 3.63) is 36.0 Å². The second-order valence-electron chi connectivity index (χ2n) is 5.11. The van der Waals surface area contributed by atoms with Crippen LogP contribution in [-0.2, 0) is 7.05 Å². The highest BCUT2D eigenvalue weighted by Gasteiger charge is 2.32. The molecule has 1 fully saturated rings. The molecule has 7 heteroatoms. The van der Waals surface area contributed by atoms with Gasteiger partial charge in [-0.25, -0.2) is 4.98 Å². The highest BCUT2D eigenvalue weighted by Crippen LogP contribution is 2.31. The maximum absolute atomic E-state index is 12.6. The summed E-state index contributed by atoms with van der Waals surface area (Å²) < 4.78 is 1.64. The van der Waals surface area contributed by atoms with Crippen molar-refractivity contribution in [1.82, 2.24) is 24.6 Å². The van der Waals surface area contributed by atoms with E-state index in [0.29, 0.717) is 11.5 Å². The van der Waals surface area contributed by atoms with E-state index < -0.39 is 0 Å². The number of hydrogen-bond donors (Lipinski definition) is 1. The third kappa shape index (κ3) is 2.58. The van der Waals surface area contributed by atoms with Crippen molar-refractivity contribution in [2.75, 3.05) is 18.9 Å². The number of likely N-dealkylation sites (tertiary alicyclic amines) is 1. The van der Waals surface area contributed by atoms with Gasteiger partial charge in [0.05, 0.1) is 24.1 Å². The van der Waals surface area contributed by atoms with E-state index in [2.05, 4.69) is 20.4 Å². The maximum atomic E-state index is 12.6. The third-order valence-corrected chi connectivity index (χ3v) is 3.70. The average molecular weight is 286 g/mol. The first-order valence-corrected chi connectivity index (χ1v) is 6.99. The fourth-order valence-electron chi connectivity index (χ4n) is 2.66. The Morgan fingerprint density at radius 1 is 1.43 bits per heavy atom. The van der Waals surface area contributed by atoms with Gasteiger partial charge in [0.2, 0.25) is 0 Å². The minimum atomic E-state index is -0.0465. The number of hydrogen-bond acceptors (Lipinski definition) is 5. The van der Waals surface area contributed by atoms with Crippen molar-refractivity contribution in [3.8, 4) is 0 Å². The van der Waals surface area contributed by atoms with E-state index in [4.69, 9.17) is 0 Å². The molecule has 0 aliphatic carbocycles. The van der Waals surface area contributed by atoms with Gasteiger partial charge in [-0.2, -0.15) is 5.10 Å². The lowest BCUT2D eigenvalue weighted by molar-refractivity contribution is 0.0726. The summed E-state index contributed by atoms with van der Waals surface area (Å²) in [4.78, 5) is 23.1. The van der Waals surface area contributed by atoms with Gasteiger partial charge in [-0.15, -0.1) is 0 Å². The van der Waals surface area contributed by atoms with Crippen LogP contribution in [0, 0.1) is 0 Å². The van der Waals surface area contributed by atoms with E-state index in [1.54, 1.807) is 43.4 Å². The lowest BCUT2D eigenvalue weighted by Gasteiger charge is -2.23. The maximum Gasteiger partial charge on any atom is 0.274 e. The standard InChI is InChI=1S/C14H18N6O/c1-15-13-9-16-8-11(17-13)12-4-3-6-20(12)14(21)10-5-7-19(2)18-10/h5,7-9,12H,3-4,6H2,1-2H3,(H,15,17)/t12-/m0/s1. The van der Waals surface area contributed by atoms with Crippen LogP contribution in [0.2, 0.25) is 0 Å². The number of amides is 1. The molecule has 1 aliphatic rings. The van der Waals surface area contributed by atoms with E-state index in [0.717, 1.165) is 25.1 Å². The van der Waals surface area contributed by atoms with Crippen molar-refractivity contribution in [1.29, 1.82) is 0 Å². The third-order valence-electron chi connectivity index (χ3n) is 3.70. The largest absolute Gasteiger partial charge is 0.372 e. The highest BCUT2D eigenvalue weighted by molar-refractivity contribution is 5.92. The molecule has 1 amide bonds. The van der Waals surface area contributed by atoms with Gasteiger partial charge >= 0.3 is 0 Å². The Morgan fingerprint density at radius 3 is 3.00 bits per heavy atom. The molecule has 0 spiro atoms. The highest BCUT2D eigenvalue weighted by atomic mass is 16.2. The molecule has 2 aromatic heterocycles. The number of carbonyl (C=O) groups is 1. The van der Waals surface area contributed by atoms with Crippen LogP contribution in [0.15, 0.2) is 24.7 Å². The second kappa shape index (κ2) is 5.51. The van der Waals surface area contributed by atoms with Gasteiger partial charge < -0.3 is 10.2 Å². The molecule has 7 nitrogen and oxygen atoms in total. The molecule has 1 aliphatic heterocycles. The molecule has 2 aromatic rings. The summed E-state index contributed by atoms with van der Waals surface area (Å²) in [7, 11) is 3.61. The second-order valence-corrected chi connectivity index (χ2v) is 5.11. The van der Waals surface area contributed by atoms with Gasteiger partial charge in [-0.1, -0.05) is 0 Å². The Balaban J connectivity index is 1.86. The van der Waals surface area contributed by atoms with Crippen molar-refractivity contribution in [3.63, 3.8) is 0 Å². The van der Waals surface area contributed by atoms with E-state index in [1.807, 2.05) is 4.90 Å². The number of carbonyl (C=O) groups excluding carboxylic acids is 1. The first-order valence-electron chi connectivity index (χ1n) is 6.99. The van der Waals surface area contributed by atoms with Crippen molar-refractivity contribution in [2.45, 2.75) is 18.9 Å². The quantitative estimate of drug-likeness (QED) is 0.918. The van der Waals surface area contributed by atoms with Crippen LogP contribution in [0.1, 0.15) is 35.1 Å². The van der Waals surface area contributed by atoms with Crippen molar-refractivity contribution < 1.29 is 4.79 Å². The molecule has 110 valence electrons. The number of nitrogens with one attached hydrogen (secondary N) is 1. The molecule has 1 saturated heterocycles. The van der Waals surface area contributed by atoms with Crippen LogP contribution in [-0.4, -0.2) is 44.1 Å². The molecule has 0 bridgehead atoms. The van der Waals surface area contributed by atoms with E-state index in [9.17, 15) is 4.79 Å². The molecule has 3 heterocycles. The first kappa shape index (κ1) is 13.5. The zero-order valence-corrected chi connectivity index (χ0v) is 12.2. The van der Waals surface area contributed by atoms with Crippen molar-refractivity contribution in [2.24, 2.45) is 7.05 Å². The minimum absolute atomic E-state index is 0.0275. The molecule has 3 rings (SSSR count). The number of aryl methyl sites for hydroxylation is 1. The van der Waals surface area contributed by atoms with Crippen LogP contribution in [0.25, 0.3) is 0 Å². The van der Waals surface area contributed by atoms with Crippen LogP contribution >= 0.6 is 0 Å². The zero-order chi connectivity index (χ0) is 14.8. The number of anilines is 1. The van der Waals surface area contributed by atoms with Gasteiger partial charge in [0.1, 0.15) is 11.5 Å². The predicted octanol–water partition coefficient (Wildman–Crippen LogP) is 1.23. The molecule has 1 N–H and O–H groups in total. The first-order chi connectivity index (χ1) is 10.2. The number of aromatic nitrogens is 4. The van der Waals surface area contributed by atoms with E-state index in [1.165, 1.54) is 0 Å². The van der Waals surface area contributed by atoms with Gasteiger partial charge in [-0.3, -0.25) is 14.5 Å². The molecular weight excluding hydrogens is 268 g/mol. The number of nitrogens with zero attached hydrogens (tertiary/aromatic N) is 5. The molecule has 0 saturated carbocycles. The summed E-state index contributed by atoms with van der Waals surface area (Å²) in [6, 6.07) is 1.72. The predicted molar refractivity (Wildman–Crippen MR) is 77.8 cm³/mol. The molecular formula is C14H18N6O. The number of rotatable bonds is 3. The molecule has 0 aromatic carbocycles. The summed E-state index contributed by atoms with van der Waals surface area (Å²) in [5.74, 6) is 0.666. The molecule has 1 atom stereocenters. The summed E-state index contributed by atoms with van der Waals surface area (Å²) >= 11 is 0. The van der Waals surface area contributed by atoms with Gasteiger partial charge in [0, 0.05) is 26.8 Å². The van der Waals surface area contributed by atoms with Gasteiger partial charge in [-0.05, 0) is 18.9 Å². The monoisotopic (exact) mass is 286 g/mol. The summed E-state index contributed by atoms with van der Waals surface area (Å²) in [5.41, 5.74) is 1.30. The lowest BCUT2D eigenvalue weighted by Crippen LogP contribution is -2.31. The van der Waals surface area contributed by atoms with E-state index in [-0.39, 0.29) is 11.9 Å². The Morgan fingerprint density at radius 2 is 2.29 bits per heavy atom. The van der Waals surface area contributed by atoms with Crippen LogP contribution in [0.5, 0.6) is 0 Å². The fourth-order valence-corrected chi connectivity index (χ4v) is 2.66. The van der Waals surface area contributed by atoms with Crippen LogP contribution in [0.3, 0.4) is 0 Å². The summed E-state index contributed by atoms with van der Waals surface area (Å²) in [6.45, 7) is 0.728. The van der Waals surface area contributed by atoms with Gasteiger partial charge in [0.15, 0.2) is 0 Å². The SMILES string of the molecule is CNc1cncc([C@@H]2CCCN2C(=O)c2ccn(C)n2)n1. The smallest absolute Gasteiger partial charge is 0.274 e. The van der Waals surface area contributed by atoms with E-state index >= 15 is 0 Å². The minimum Gasteiger partial charge on any atom is -0.372 e. The lowest BCUT2D eigenvalue weighted by atomic mass is 10.1.